The zero-order valence-corrected chi connectivity index (χ0v) is 10.3. The molecule has 0 aliphatic heterocycles. The highest BCUT2D eigenvalue weighted by atomic mass is 16.5. The molecule has 1 saturated carbocycles. The Balaban J connectivity index is 2.03. The van der Waals surface area contributed by atoms with E-state index in [1.54, 1.807) is 0 Å². The summed E-state index contributed by atoms with van der Waals surface area (Å²) in [5.41, 5.74) is 0. The molecule has 2 heteroatoms. The Morgan fingerprint density at radius 1 is 1.40 bits per heavy atom. The van der Waals surface area contributed by atoms with Crippen LogP contribution < -0.4 is 0 Å². The van der Waals surface area contributed by atoms with Gasteiger partial charge in [-0.1, -0.05) is 13.8 Å². The van der Waals surface area contributed by atoms with Crippen molar-refractivity contribution in [3.8, 4) is 0 Å². The Hall–Kier alpha value is -0.370. The Kier molecular flexibility index (Phi) is 5.30. The van der Waals surface area contributed by atoms with Crippen LogP contribution in [-0.4, -0.2) is 18.5 Å². The van der Waals surface area contributed by atoms with Crippen LogP contribution in [0.15, 0.2) is 0 Å². The Labute approximate surface area is 93.4 Å². The summed E-state index contributed by atoms with van der Waals surface area (Å²) in [6.07, 6.45) is 5.24. The molecule has 0 aromatic rings. The van der Waals surface area contributed by atoms with Crippen LogP contribution in [-0.2, 0) is 9.53 Å². The van der Waals surface area contributed by atoms with E-state index >= 15 is 0 Å². The molecule has 1 aliphatic rings. The lowest BCUT2D eigenvalue weighted by Crippen LogP contribution is -2.32. The van der Waals surface area contributed by atoms with Gasteiger partial charge in [-0.15, -0.1) is 0 Å². The molecule has 0 heterocycles. The van der Waals surface area contributed by atoms with E-state index in [1.807, 2.05) is 6.92 Å². The first kappa shape index (κ1) is 12.7. The van der Waals surface area contributed by atoms with Crippen LogP contribution in [0.1, 0.15) is 52.9 Å². The van der Waals surface area contributed by atoms with Gasteiger partial charge in [0.25, 0.3) is 0 Å². The molecule has 1 fully saturated rings. The zero-order valence-electron chi connectivity index (χ0n) is 10.3. The second-order valence-corrected chi connectivity index (χ2v) is 5.09. The molecule has 0 atom stereocenters. The van der Waals surface area contributed by atoms with E-state index in [4.69, 9.17) is 4.74 Å². The van der Waals surface area contributed by atoms with Crippen LogP contribution >= 0.6 is 0 Å². The molecule has 0 amide bonds. The van der Waals surface area contributed by atoms with Crippen LogP contribution in [0.25, 0.3) is 0 Å². The first-order chi connectivity index (χ1) is 7.11. The van der Waals surface area contributed by atoms with Crippen molar-refractivity contribution in [2.75, 3.05) is 6.61 Å². The van der Waals surface area contributed by atoms with Gasteiger partial charge in [-0.2, -0.15) is 0 Å². The van der Waals surface area contributed by atoms with Crippen LogP contribution in [0.3, 0.4) is 0 Å². The van der Waals surface area contributed by atoms with E-state index in [9.17, 15) is 4.79 Å². The van der Waals surface area contributed by atoms with E-state index in [-0.39, 0.29) is 0 Å². The molecular formula is C13H24O2. The highest BCUT2D eigenvalue weighted by Crippen LogP contribution is 2.33. The third-order valence-electron chi connectivity index (χ3n) is 3.11. The summed E-state index contributed by atoms with van der Waals surface area (Å²) in [5.74, 6) is 1.70. The maximum absolute atomic E-state index is 11.6. The van der Waals surface area contributed by atoms with Gasteiger partial charge < -0.3 is 4.74 Å². The minimum absolute atomic E-state index is 0.442. The highest BCUT2D eigenvalue weighted by Gasteiger charge is 2.30. The number of hydrogen-bond acceptors (Lipinski definition) is 2. The predicted octanol–water partition coefficient (Wildman–Crippen LogP) is 3.20. The first-order valence-corrected chi connectivity index (χ1v) is 6.25. The third-order valence-corrected chi connectivity index (χ3v) is 3.11. The third kappa shape index (κ3) is 4.78. The lowest BCUT2D eigenvalue weighted by atomic mass is 9.78. The van der Waals surface area contributed by atoms with Crippen LogP contribution in [0.2, 0.25) is 0 Å². The summed E-state index contributed by atoms with van der Waals surface area (Å²) in [4.78, 5) is 11.6. The smallest absolute Gasteiger partial charge is 0.133 e. The molecule has 2 nitrogen and oxygen atoms in total. The van der Waals surface area contributed by atoms with Crippen LogP contribution in [0, 0.1) is 11.8 Å². The molecule has 88 valence electrons. The Bertz CT molecular complexity index is 193. The molecule has 0 aromatic heterocycles. The fraction of sp³-hybridized carbons (Fsp3) is 0.923. The number of rotatable bonds is 7. The van der Waals surface area contributed by atoms with E-state index in [1.165, 1.54) is 0 Å². The van der Waals surface area contributed by atoms with Gasteiger partial charge in [-0.3, -0.25) is 4.79 Å². The second kappa shape index (κ2) is 6.26. The predicted molar refractivity (Wildman–Crippen MR) is 61.8 cm³/mol. The van der Waals surface area contributed by atoms with Crippen molar-refractivity contribution in [2.45, 2.75) is 59.0 Å². The first-order valence-electron chi connectivity index (χ1n) is 6.25. The lowest BCUT2D eigenvalue weighted by molar-refractivity contribution is -0.122. The maximum atomic E-state index is 11.6. The molecule has 0 unspecified atom stereocenters. The van der Waals surface area contributed by atoms with Gasteiger partial charge in [0.2, 0.25) is 0 Å². The molecule has 15 heavy (non-hydrogen) atoms. The van der Waals surface area contributed by atoms with Gasteiger partial charge in [0.15, 0.2) is 0 Å². The summed E-state index contributed by atoms with van der Waals surface area (Å²) < 4.78 is 5.48. The standard InChI is InChI=1S/C13H24O2/c1-4-15-13-8-11(9-13)7-12(14)6-5-10(2)3/h10-11,13H,4-9H2,1-3H3. The number of Topliss-reactive ketones (excluding diaryl/α,β-unsaturated/α-hetero) is 1. The van der Waals surface area contributed by atoms with Crippen molar-refractivity contribution in [1.82, 2.24) is 0 Å². The minimum atomic E-state index is 0.442. The summed E-state index contributed by atoms with van der Waals surface area (Å²) in [7, 11) is 0. The Morgan fingerprint density at radius 2 is 2.07 bits per heavy atom. The molecule has 0 spiro atoms. The highest BCUT2D eigenvalue weighted by molar-refractivity contribution is 5.78. The Morgan fingerprint density at radius 3 is 2.60 bits per heavy atom. The average molecular weight is 212 g/mol. The number of hydrogen-bond donors (Lipinski definition) is 0. The molecule has 0 saturated heterocycles. The monoisotopic (exact) mass is 212 g/mol. The van der Waals surface area contributed by atoms with Gasteiger partial charge in [0, 0.05) is 19.4 Å². The SMILES string of the molecule is CCOC1CC(CC(=O)CCC(C)C)C1. The zero-order chi connectivity index (χ0) is 11.3. The average Bonchev–Trinajstić information content (AvgIpc) is 2.11. The van der Waals surface area contributed by atoms with E-state index in [0.717, 1.165) is 38.7 Å². The van der Waals surface area contributed by atoms with Gasteiger partial charge in [-0.05, 0) is 38.0 Å². The molecule has 0 aromatic carbocycles. The fourth-order valence-electron chi connectivity index (χ4n) is 2.09. The van der Waals surface area contributed by atoms with Gasteiger partial charge in [0.05, 0.1) is 6.10 Å². The summed E-state index contributed by atoms with van der Waals surface area (Å²) in [5, 5.41) is 0. The molecular weight excluding hydrogens is 188 g/mol. The molecule has 0 radical (unpaired) electrons. The van der Waals surface area contributed by atoms with Crippen LogP contribution in [0.5, 0.6) is 0 Å². The number of carbonyl (C=O) groups excluding carboxylic acids is 1. The normalized spacial score (nSPS) is 25.3. The van der Waals surface area contributed by atoms with Gasteiger partial charge in [0.1, 0.15) is 5.78 Å². The molecule has 0 bridgehead atoms. The topological polar surface area (TPSA) is 26.3 Å². The van der Waals surface area contributed by atoms with E-state index in [2.05, 4.69) is 13.8 Å². The lowest BCUT2D eigenvalue weighted by Gasteiger charge is -2.34. The van der Waals surface area contributed by atoms with Crippen molar-refractivity contribution in [3.63, 3.8) is 0 Å². The summed E-state index contributed by atoms with van der Waals surface area (Å²) in [6, 6.07) is 0. The van der Waals surface area contributed by atoms with Gasteiger partial charge in [-0.25, -0.2) is 0 Å². The number of ketones is 1. The summed E-state index contributed by atoms with van der Waals surface area (Å²) in [6.45, 7) is 7.17. The number of ether oxygens (including phenoxy) is 1. The van der Waals surface area contributed by atoms with Crippen molar-refractivity contribution in [2.24, 2.45) is 11.8 Å². The van der Waals surface area contributed by atoms with Crippen LogP contribution in [0.4, 0.5) is 0 Å². The maximum Gasteiger partial charge on any atom is 0.133 e. The number of carbonyl (C=O) groups is 1. The van der Waals surface area contributed by atoms with Gasteiger partial charge >= 0.3 is 0 Å². The minimum Gasteiger partial charge on any atom is -0.378 e. The van der Waals surface area contributed by atoms with Crippen molar-refractivity contribution < 1.29 is 9.53 Å². The quantitative estimate of drug-likeness (QED) is 0.648. The second-order valence-electron chi connectivity index (χ2n) is 5.09. The fourth-order valence-corrected chi connectivity index (χ4v) is 2.09. The molecule has 1 rings (SSSR count). The van der Waals surface area contributed by atoms with E-state index in [0.29, 0.717) is 23.7 Å². The van der Waals surface area contributed by atoms with E-state index < -0.39 is 0 Å². The summed E-state index contributed by atoms with van der Waals surface area (Å²) >= 11 is 0. The largest absolute Gasteiger partial charge is 0.378 e. The molecule has 0 N–H and O–H groups in total. The van der Waals surface area contributed by atoms with Crippen molar-refractivity contribution >= 4 is 5.78 Å². The van der Waals surface area contributed by atoms with Crippen molar-refractivity contribution in [3.05, 3.63) is 0 Å². The van der Waals surface area contributed by atoms with Crippen molar-refractivity contribution in [1.29, 1.82) is 0 Å². The molecule has 1 aliphatic carbocycles.